The summed E-state index contributed by atoms with van der Waals surface area (Å²) in [6, 6.07) is 10.9. The summed E-state index contributed by atoms with van der Waals surface area (Å²) < 4.78 is 0. The minimum absolute atomic E-state index is 0.685. The Hall–Kier alpha value is -1.09. The van der Waals surface area contributed by atoms with Gasteiger partial charge in [0.15, 0.2) is 5.11 Å². The van der Waals surface area contributed by atoms with Crippen molar-refractivity contribution in [2.24, 2.45) is 0 Å². The summed E-state index contributed by atoms with van der Waals surface area (Å²) in [6.07, 6.45) is 5.02. The van der Waals surface area contributed by atoms with Gasteiger partial charge in [-0.2, -0.15) is 0 Å². The zero-order valence-corrected chi connectivity index (χ0v) is 11.2. The highest BCUT2D eigenvalue weighted by Gasteiger charge is 2.30. The molecule has 0 spiro atoms. The van der Waals surface area contributed by atoms with Crippen molar-refractivity contribution in [2.75, 3.05) is 11.9 Å². The number of nitrogens with one attached hydrogen (secondary N) is 1. The van der Waals surface area contributed by atoms with Crippen molar-refractivity contribution in [3.63, 3.8) is 0 Å². The van der Waals surface area contributed by atoms with Gasteiger partial charge in [-0.15, -0.1) is 0 Å². The molecule has 1 aliphatic carbocycles. The number of rotatable bonds is 5. The predicted octanol–water partition coefficient (Wildman–Crippen LogP) is 3.65. The van der Waals surface area contributed by atoms with Crippen LogP contribution in [0.25, 0.3) is 0 Å². The first-order valence-electron chi connectivity index (χ1n) is 6.44. The molecule has 0 atom stereocenters. The lowest BCUT2D eigenvalue weighted by atomic mass is 10.3. The molecular formula is C14H20N2S. The van der Waals surface area contributed by atoms with Gasteiger partial charge in [-0.1, -0.05) is 31.5 Å². The molecule has 0 heterocycles. The van der Waals surface area contributed by atoms with Crippen LogP contribution in [0.2, 0.25) is 0 Å². The summed E-state index contributed by atoms with van der Waals surface area (Å²) in [6.45, 7) is 3.30. The van der Waals surface area contributed by atoms with Crippen molar-refractivity contribution in [1.29, 1.82) is 0 Å². The number of thiocarbonyl (C=S) groups is 1. The van der Waals surface area contributed by atoms with Gasteiger partial charge in [0.05, 0.1) is 0 Å². The van der Waals surface area contributed by atoms with Crippen LogP contribution in [0.5, 0.6) is 0 Å². The lowest BCUT2D eigenvalue weighted by Gasteiger charge is -2.25. The first kappa shape index (κ1) is 12.4. The van der Waals surface area contributed by atoms with E-state index in [1.807, 2.05) is 18.2 Å². The van der Waals surface area contributed by atoms with E-state index >= 15 is 0 Å². The Kier molecular flexibility index (Phi) is 4.37. The largest absolute Gasteiger partial charge is 0.346 e. The SMILES string of the molecule is CCCCN(C(=S)Nc1ccccc1)C1CC1. The van der Waals surface area contributed by atoms with Gasteiger partial charge in [-0.05, 0) is 43.6 Å². The van der Waals surface area contributed by atoms with E-state index in [1.54, 1.807) is 0 Å². The van der Waals surface area contributed by atoms with E-state index in [1.165, 1.54) is 25.7 Å². The van der Waals surface area contributed by atoms with Crippen LogP contribution in [0.3, 0.4) is 0 Å². The number of benzene rings is 1. The Morgan fingerprint density at radius 3 is 2.65 bits per heavy atom. The highest BCUT2D eigenvalue weighted by molar-refractivity contribution is 7.80. The molecule has 0 aliphatic heterocycles. The maximum Gasteiger partial charge on any atom is 0.173 e. The fourth-order valence-corrected chi connectivity index (χ4v) is 2.24. The van der Waals surface area contributed by atoms with Gasteiger partial charge in [0.1, 0.15) is 0 Å². The Labute approximate surface area is 109 Å². The molecule has 2 rings (SSSR count). The number of anilines is 1. The fourth-order valence-electron chi connectivity index (χ4n) is 1.88. The third-order valence-electron chi connectivity index (χ3n) is 3.03. The van der Waals surface area contributed by atoms with Crippen LogP contribution in [0, 0.1) is 0 Å². The quantitative estimate of drug-likeness (QED) is 0.801. The molecule has 0 saturated heterocycles. The van der Waals surface area contributed by atoms with E-state index in [0.29, 0.717) is 6.04 Å². The normalized spacial score (nSPS) is 14.4. The number of unbranched alkanes of at least 4 members (excludes halogenated alkanes) is 1. The minimum Gasteiger partial charge on any atom is -0.346 e. The van der Waals surface area contributed by atoms with Gasteiger partial charge in [0.25, 0.3) is 0 Å². The minimum atomic E-state index is 0.685. The Bertz CT molecular complexity index is 360. The fraction of sp³-hybridized carbons (Fsp3) is 0.500. The van der Waals surface area contributed by atoms with Gasteiger partial charge in [0, 0.05) is 18.3 Å². The Morgan fingerprint density at radius 2 is 2.06 bits per heavy atom. The molecule has 1 aliphatic rings. The Morgan fingerprint density at radius 1 is 1.35 bits per heavy atom. The third-order valence-corrected chi connectivity index (χ3v) is 3.36. The first-order chi connectivity index (χ1) is 8.31. The molecule has 92 valence electrons. The van der Waals surface area contributed by atoms with Crippen LogP contribution in [-0.4, -0.2) is 22.6 Å². The average Bonchev–Trinajstić information content (AvgIpc) is 3.15. The standard InChI is InChI=1S/C14H20N2S/c1-2-3-11-16(13-9-10-13)14(17)15-12-7-5-4-6-8-12/h4-8,13H,2-3,9-11H2,1H3,(H,15,17). The molecule has 1 N–H and O–H groups in total. The zero-order chi connectivity index (χ0) is 12.1. The molecule has 0 amide bonds. The second-order valence-electron chi connectivity index (χ2n) is 4.57. The molecule has 1 aromatic rings. The molecule has 3 heteroatoms. The second kappa shape index (κ2) is 6.01. The molecule has 0 unspecified atom stereocenters. The summed E-state index contributed by atoms with van der Waals surface area (Å²) in [5.41, 5.74) is 1.08. The number of hydrogen-bond acceptors (Lipinski definition) is 1. The number of para-hydroxylation sites is 1. The van der Waals surface area contributed by atoms with Crippen LogP contribution < -0.4 is 5.32 Å². The molecular weight excluding hydrogens is 228 g/mol. The maximum atomic E-state index is 5.50. The van der Waals surface area contributed by atoms with E-state index < -0.39 is 0 Å². The van der Waals surface area contributed by atoms with E-state index in [0.717, 1.165) is 17.3 Å². The van der Waals surface area contributed by atoms with Gasteiger partial charge in [0.2, 0.25) is 0 Å². The number of nitrogens with zero attached hydrogens (tertiary/aromatic N) is 1. The van der Waals surface area contributed by atoms with Gasteiger partial charge >= 0.3 is 0 Å². The molecule has 0 radical (unpaired) electrons. The van der Waals surface area contributed by atoms with E-state index in [4.69, 9.17) is 12.2 Å². The Balaban J connectivity index is 1.92. The summed E-state index contributed by atoms with van der Waals surface area (Å²) in [5.74, 6) is 0. The van der Waals surface area contributed by atoms with Crippen LogP contribution in [0.1, 0.15) is 32.6 Å². The van der Waals surface area contributed by atoms with Crippen molar-refractivity contribution in [3.05, 3.63) is 30.3 Å². The molecule has 1 aromatic carbocycles. The van der Waals surface area contributed by atoms with E-state index in [9.17, 15) is 0 Å². The van der Waals surface area contributed by atoms with Gasteiger partial charge in [-0.3, -0.25) is 0 Å². The lowest BCUT2D eigenvalue weighted by Crippen LogP contribution is -2.37. The summed E-state index contributed by atoms with van der Waals surface area (Å²) in [7, 11) is 0. The molecule has 1 fully saturated rings. The van der Waals surface area contributed by atoms with Crippen molar-refractivity contribution < 1.29 is 0 Å². The van der Waals surface area contributed by atoms with Crippen LogP contribution in [0.15, 0.2) is 30.3 Å². The van der Waals surface area contributed by atoms with Crippen molar-refractivity contribution in [3.8, 4) is 0 Å². The molecule has 0 bridgehead atoms. The lowest BCUT2D eigenvalue weighted by molar-refractivity contribution is 0.404. The smallest absolute Gasteiger partial charge is 0.173 e. The summed E-state index contributed by atoms with van der Waals surface area (Å²) in [4.78, 5) is 2.35. The zero-order valence-electron chi connectivity index (χ0n) is 10.4. The maximum absolute atomic E-state index is 5.50. The van der Waals surface area contributed by atoms with Gasteiger partial charge < -0.3 is 10.2 Å². The van der Waals surface area contributed by atoms with Gasteiger partial charge in [-0.25, -0.2) is 0 Å². The topological polar surface area (TPSA) is 15.3 Å². The second-order valence-corrected chi connectivity index (χ2v) is 4.96. The molecule has 2 nitrogen and oxygen atoms in total. The summed E-state index contributed by atoms with van der Waals surface area (Å²) >= 11 is 5.50. The van der Waals surface area contributed by atoms with E-state index in [2.05, 4.69) is 29.3 Å². The number of hydrogen-bond donors (Lipinski definition) is 1. The van der Waals surface area contributed by atoms with Crippen LogP contribution >= 0.6 is 12.2 Å². The van der Waals surface area contributed by atoms with Crippen molar-refractivity contribution in [1.82, 2.24) is 4.90 Å². The van der Waals surface area contributed by atoms with Crippen molar-refractivity contribution in [2.45, 2.75) is 38.6 Å². The van der Waals surface area contributed by atoms with Crippen LogP contribution in [0.4, 0.5) is 5.69 Å². The average molecular weight is 248 g/mol. The molecule has 0 aromatic heterocycles. The first-order valence-corrected chi connectivity index (χ1v) is 6.84. The third kappa shape index (κ3) is 3.70. The highest BCUT2D eigenvalue weighted by atomic mass is 32.1. The molecule has 1 saturated carbocycles. The monoisotopic (exact) mass is 248 g/mol. The predicted molar refractivity (Wildman–Crippen MR) is 77.3 cm³/mol. The van der Waals surface area contributed by atoms with E-state index in [-0.39, 0.29) is 0 Å². The summed E-state index contributed by atoms with van der Waals surface area (Å²) in [5, 5.41) is 4.21. The molecule has 17 heavy (non-hydrogen) atoms. The highest BCUT2D eigenvalue weighted by Crippen LogP contribution is 2.27. The van der Waals surface area contributed by atoms with Crippen LogP contribution in [-0.2, 0) is 0 Å². The van der Waals surface area contributed by atoms with Crippen molar-refractivity contribution >= 4 is 23.0 Å².